The van der Waals surface area contributed by atoms with Crippen molar-refractivity contribution in [2.24, 2.45) is 0 Å². The van der Waals surface area contributed by atoms with Gasteiger partial charge in [-0.15, -0.1) is 0 Å². The Kier molecular flexibility index (Phi) is 20.1. The van der Waals surface area contributed by atoms with Gasteiger partial charge in [0.15, 0.2) is 16.5 Å². The van der Waals surface area contributed by atoms with Crippen molar-refractivity contribution >= 4 is 17.4 Å². The lowest BCUT2D eigenvalue weighted by Crippen LogP contribution is -2.21. The molecule has 4 nitrogen and oxygen atoms in total. The fraction of sp³-hybridized carbons (Fsp3) is 1.00. The maximum absolute atomic E-state index is 10.7. The van der Waals surface area contributed by atoms with Crippen LogP contribution in [0.3, 0.4) is 0 Å². The number of rotatable bonds is 17. The summed E-state index contributed by atoms with van der Waals surface area (Å²) in [5.41, 5.74) is -5.65. The zero-order valence-electron chi connectivity index (χ0n) is 19.4. The molecule has 0 unspecified atom stereocenters. The second-order valence-electron chi connectivity index (χ2n) is 8.01. The van der Waals surface area contributed by atoms with Crippen LogP contribution in [0.15, 0.2) is 0 Å². The van der Waals surface area contributed by atoms with Crippen molar-refractivity contribution < 1.29 is 30.9 Å². The highest BCUT2D eigenvalue weighted by Crippen LogP contribution is 2.60. The molecule has 184 valence electrons. The summed E-state index contributed by atoms with van der Waals surface area (Å²) in [5.74, 6) is 0. The predicted octanol–water partition coefficient (Wildman–Crippen LogP) is 7.40. The summed E-state index contributed by atoms with van der Waals surface area (Å²) >= 11 is 0. The lowest BCUT2D eigenvalue weighted by Gasteiger charge is -2.27. The Hall–Kier alpha value is 0.0900. The average molecular weight is 481 g/mol. The van der Waals surface area contributed by atoms with Crippen molar-refractivity contribution in [3.63, 3.8) is 0 Å². The molecule has 0 aliphatic carbocycles. The smallest absolute Gasteiger partial charge is 0.485 e. The van der Waals surface area contributed by atoms with Crippen molar-refractivity contribution in [3.05, 3.63) is 0 Å². The van der Waals surface area contributed by atoms with Crippen molar-refractivity contribution in [3.8, 4) is 0 Å². The molecule has 0 aliphatic rings. The van der Waals surface area contributed by atoms with Crippen molar-refractivity contribution in [2.45, 2.75) is 103 Å². The van der Waals surface area contributed by atoms with Crippen LogP contribution < -0.4 is 0 Å². The van der Waals surface area contributed by atoms with Gasteiger partial charge in [-0.1, -0.05) is 59.3 Å². The zero-order chi connectivity index (χ0) is 23.5. The molecule has 0 fully saturated rings. The van der Waals surface area contributed by atoms with Gasteiger partial charge in [-0.2, -0.15) is 13.2 Å². The van der Waals surface area contributed by atoms with Crippen LogP contribution >= 0.6 is 7.26 Å². The van der Waals surface area contributed by atoms with Gasteiger partial charge < -0.3 is 9.29 Å². The Bertz CT molecular complexity index is 454. The highest BCUT2D eigenvalue weighted by Gasteiger charge is 2.37. The standard InChI is InChI=1S/C20H44OP.CHF3O3S/c1-5-8-11-14-17-22(20-21-4,18-15-12-9-6-2)19-16-13-10-7-3;2-1(3,4)8(5,6)7/h5-20H2,1-4H3;(H,5,6,7)/q+1;/p-1. The molecule has 0 aliphatic heterocycles. The molecule has 0 heterocycles. The van der Waals surface area contributed by atoms with Gasteiger partial charge in [0.25, 0.3) is 0 Å². The van der Waals surface area contributed by atoms with E-state index in [1.165, 1.54) is 95.5 Å². The zero-order valence-corrected chi connectivity index (χ0v) is 21.1. The second kappa shape index (κ2) is 18.6. The van der Waals surface area contributed by atoms with Crippen LogP contribution in [0.1, 0.15) is 97.8 Å². The van der Waals surface area contributed by atoms with Crippen molar-refractivity contribution in [1.82, 2.24) is 0 Å². The molecule has 0 aromatic rings. The van der Waals surface area contributed by atoms with E-state index in [4.69, 9.17) is 17.7 Å². The van der Waals surface area contributed by atoms with E-state index in [9.17, 15) is 13.2 Å². The Morgan fingerprint density at radius 1 is 0.733 bits per heavy atom. The number of halogens is 3. The topological polar surface area (TPSA) is 66.4 Å². The number of methoxy groups -OCH3 is 1. The number of ether oxygens (including phenoxy) is 1. The molecule has 0 N–H and O–H groups in total. The predicted molar refractivity (Wildman–Crippen MR) is 122 cm³/mol. The molecule has 0 atom stereocenters. The van der Waals surface area contributed by atoms with E-state index in [2.05, 4.69) is 20.8 Å². The summed E-state index contributed by atoms with van der Waals surface area (Å²) in [6, 6.07) is 0. The van der Waals surface area contributed by atoms with E-state index >= 15 is 0 Å². The van der Waals surface area contributed by atoms with E-state index in [1.54, 1.807) is 0 Å². The Labute approximate surface area is 183 Å². The minimum atomic E-state index is -6.09. The van der Waals surface area contributed by atoms with Gasteiger partial charge in [0.05, 0.1) is 18.5 Å². The Balaban J connectivity index is 0. The monoisotopic (exact) mass is 480 g/mol. The summed E-state index contributed by atoms with van der Waals surface area (Å²) in [7, 11) is -5.00. The number of hydrogen-bond acceptors (Lipinski definition) is 4. The van der Waals surface area contributed by atoms with Crippen molar-refractivity contribution in [2.75, 3.05) is 31.9 Å². The maximum atomic E-state index is 10.7. The Morgan fingerprint density at radius 3 is 1.23 bits per heavy atom. The number of alkyl halides is 3. The molecule has 0 rings (SSSR count). The summed E-state index contributed by atoms with van der Waals surface area (Å²) < 4.78 is 64.6. The van der Waals surface area contributed by atoms with Gasteiger partial charge in [-0.05, 0) is 38.5 Å². The minimum absolute atomic E-state index is 0.839. The summed E-state index contributed by atoms with van der Waals surface area (Å²) in [4.78, 5) is 0. The molecule has 0 amide bonds. The molecule has 9 heteroatoms. The van der Waals surface area contributed by atoms with E-state index in [1.807, 2.05) is 7.11 Å². The van der Waals surface area contributed by atoms with Gasteiger partial charge in [0.1, 0.15) is 0 Å². The van der Waals surface area contributed by atoms with Gasteiger partial charge in [0.2, 0.25) is 0 Å². The fourth-order valence-electron chi connectivity index (χ4n) is 3.42. The first-order valence-corrected chi connectivity index (χ1v) is 15.3. The Morgan fingerprint density at radius 2 is 1.03 bits per heavy atom. The third-order valence-corrected chi connectivity index (χ3v) is 10.3. The summed E-state index contributed by atoms with van der Waals surface area (Å²) in [6.45, 7) is 6.94. The summed E-state index contributed by atoms with van der Waals surface area (Å²) in [5, 5.41) is 0. The highest BCUT2D eigenvalue weighted by atomic mass is 32.2. The first kappa shape index (κ1) is 32.3. The molecular formula is C21H44F3O4PS. The van der Waals surface area contributed by atoms with Crippen LogP contribution in [0.4, 0.5) is 13.2 Å². The normalized spacial score (nSPS) is 12.5. The molecule has 0 saturated heterocycles. The fourth-order valence-corrected chi connectivity index (χ4v) is 7.71. The van der Waals surface area contributed by atoms with E-state index < -0.39 is 22.9 Å². The quantitative estimate of drug-likeness (QED) is 0.0941. The first-order chi connectivity index (χ1) is 14.0. The van der Waals surface area contributed by atoms with Crippen LogP contribution in [0.25, 0.3) is 0 Å². The van der Waals surface area contributed by atoms with Crippen molar-refractivity contribution in [1.29, 1.82) is 0 Å². The number of hydrogen-bond donors (Lipinski definition) is 0. The highest BCUT2D eigenvalue weighted by molar-refractivity contribution is 7.86. The van der Waals surface area contributed by atoms with Crippen LogP contribution in [-0.4, -0.2) is 50.4 Å². The molecule has 0 spiro atoms. The first-order valence-electron chi connectivity index (χ1n) is 11.4. The van der Waals surface area contributed by atoms with Gasteiger partial charge in [-0.25, -0.2) is 8.42 Å². The molecular weight excluding hydrogens is 436 g/mol. The largest absolute Gasteiger partial charge is 0.741 e. The second-order valence-corrected chi connectivity index (χ2v) is 13.7. The van der Waals surface area contributed by atoms with E-state index in [0.29, 0.717) is 0 Å². The maximum Gasteiger partial charge on any atom is 0.485 e. The van der Waals surface area contributed by atoms with Crippen LogP contribution in [0, 0.1) is 0 Å². The van der Waals surface area contributed by atoms with Gasteiger partial charge in [-0.3, -0.25) is 0 Å². The van der Waals surface area contributed by atoms with E-state index in [0.717, 1.165) is 6.35 Å². The third kappa shape index (κ3) is 17.7. The molecule has 0 aromatic carbocycles. The lowest BCUT2D eigenvalue weighted by molar-refractivity contribution is -0.0517. The summed E-state index contributed by atoms with van der Waals surface area (Å²) in [6.07, 6.45) is 22.5. The van der Waals surface area contributed by atoms with E-state index in [-0.39, 0.29) is 0 Å². The third-order valence-electron chi connectivity index (χ3n) is 5.14. The molecule has 0 radical (unpaired) electrons. The van der Waals surface area contributed by atoms with Gasteiger partial charge >= 0.3 is 5.51 Å². The van der Waals surface area contributed by atoms with Crippen LogP contribution in [-0.2, 0) is 14.9 Å². The molecule has 0 bridgehead atoms. The van der Waals surface area contributed by atoms with Crippen LogP contribution in [0.2, 0.25) is 0 Å². The molecule has 0 saturated carbocycles. The molecule has 30 heavy (non-hydrogen) atoms. The lowest BCUT2D eigenvalue weighted by atomic mass is 10.2. The average Bonchev–Trinajstić information content (AvgIpc) is 2.65. The van der Waals surface area contributed by atoms with Gasteiger partial charge in [0, 0.05) is 14.4 Å². The van der Waals surface area contributed by atoms with Crippen LogP contribution in [0.5, 0.6) is 0 Å². The minimum Gasteiger partial charge on any atom is -0.741 e. The number of unbranched alkanes of at least 4 members (excludes halogenated alkanes) is 9. The SMILES string of the molecule is CCCCCC[P+](CCCCCC)(CCCCCC)COC.O=S(=O)([O-])C(F)(F)F. The molecule has 0 aromatic heterocycles.